The molecule has 1 atom stereocenters. The van der Waals surface area contributed by atoms with Gasteiger partial charge in [-0.05, 0) is 18.2 Å². The minimum Gasteiger partial charge on any atom is -0.354 e. The van der Waals surface area contributed by atoms with Crippen molar-refractivity contribution in [1.82, 2.24) is 15.2 Å². The number of thiazole rings is 1. The molecule has 0 radical (unpaired) electrons. The number of benzene rings is 1. The number of halogens is 1. The van der Waals surface area contributed by atoms with Crippen LogP contribution < -0.4 is 5.32 Å². The second kappa shape index (κ2) is 7.76. The van der Waals surface area contributed by atoms with Gasteiger partial charge in [0, 0.05) is 29.7 Å². The number of aromatic nitrogens is 1. The van der Waals surface area contributed by atoms with Crippen LogP contribution >= 0.6 is 23.1 Å². The lowest BCUT2D eigenvalue weighted by Gasteiger charge is -2.23. The van der Waals surface area contributed by atoms with E-state index in [1.807, 2.05) is 5.38 Å². The molecule has 1 saturated heterocycles. The van der Waals surface area contributed by atoms with Crippen molar-refractivity contribution in [3.63, 3.8) is 0 Å². The Morgan fingerprint density at radius 3 is 3.04 bits per heavy atom. The van der Waals surface area contributed by atoms with Gasteiger partial charge in [-0.15, -0.1) is 23.1 Å². The summed E-state index contributed by atoms with van der Waals surface area (Å²) in [5.74, 6) is 0.0134. The quantitative estimate of drug-likeness (QED) is 0.882. The largest absolute Gasteiger partial charge is 0.354 e. The van der Waals surface area contributed by atoms with Gasteiger partial charge < -0.3 is 10.2 Å². The first-order valence-electron chi connectivity index (χ1n) is 7.44. The molecule has 3 rings (SSSR count). The van der Waals surface area contributed by atoms with Gasteiger partial charge in [0.1, 0.15) is 11.9 Å². The van der Waals surface area contributed by atoms with E-state index < -0.39 is 11.9 Å². The number of carbonyl (C=O) groups excluding carboxylic acids is 2. The normalized spacial score (nSPS) is 17.0. The highest BCUT2D eigenvalue weighted by atomic mass is 32.2. The lowest BCUT2D eigenvalue weighted by atomic mass is 10.1. The standard InChI is InChI=1S/C16H16FN3O2S2/c17-12-3-1-2-11(6-12)16(22)20-10-24-8-14(20)15(21)18-5-4-13-7-23-9-19-13/h1-3,6-7,9,14H,4-5,8,10H2,(H,18,21)/t14-/m1/s1. The van der Waals surface area contributed by atoms with Gasteiger partial charge >= 0.3 is 0 Å². The lowest BCUT2D eigenvalue weighted by Crippen LogP contribution is -2.47. The average Bonchev–Trinajstić information content (AvgIpc) is 3.25. The predicted molar refractivity (Wildman–Crippen MR) is 92.5 cm³/mol. The maximum Gasteiger partial charge on any atom is 0.255 e. The zero-order valence-corrected chi connectivity index (χ0v) is 14.4. The number of hydrogen-bond donors (Lipinski definition) is 1. The highest BCUT2D eigenvalue weighted by Crippen LogP contribution is 2.23. The first-order chi connectivity index (χ1) is 11.6. The number of hydrogen-bond acceptors (Lipinski definition) is 5. The monoisotopic (exact) mass is 365 g/mol. The third-order valence-electron chi connectivity index (χ3n) is 3.68. The highest BCUT2D eigenvalue weighted by molar-refractivity contribution is 7.99. The molecular weight excluding hydrogens is 349 g/mol. The summed E-state index contributed by atoms with van der Waals surface area (Å²) in [6, 6.07) is 5.02. The first-order valence-corrected chi connectivity index (χ1v) is 9.54. The average molecular weight is 365 g/mol. The van der Waals surface area contributed by atoms with E-state index in [0.29, 0.717) is 24.6 Å². The van der Waals surface area contributed by atoms with E-state index in [9.17, 15) is 14.0 Å². The predicted octanol–water partition coefficient (Wildman–Crippen LogP) is 2.16. The molecule has 0 unspecified atom stereocenters. The lowest BCUT2D eigenvalue weighted by molar-refractivity contribution is -0.124. The van der Waals surface area contributed by atoms with E-state index in [4.69, 9.17) is 0 Å². The van der Waals surface area contributed by atoms with Crippen molar-refractivity contribution < 1.29 is 14.0 Å². The number of carbonyl (C=O) groups is 2. The summed E-state index contributed by atoms with van der Waals surface area (Å²) in [7, 11) is 0. The van der Waals surface area contributed by atoms with Crippen LogP contribution in [0.3, 0.4) is 0 Å². The van der Waals surface area contributed by atoms with Gasteiger partial charge in [-0.2, -0.15) is 0 Å². The van der Waals surface area contributed by atoms with Crippen LogP contribution in [0.15, 0.2) is 35.2 Å². The Hall–Kier alpha value is -1.93. The SMILES string of the molecule is O=C(NCCc1cscn1)[C@H]1CSCN1C(=O)c1cccc(F)c1. The number of amides is 2. The smallest absolute Gasteiger partial charge is 0.255 e. The molecule has 1 aromatic carbocycles. The summed E-state index contributed by atoms with van der Waals surface area (Å²) in [6.07, 6.45) is 0.660. The van der Waals surface area contributed by atoms with Crippen molar-refractivity contribution in [3.8, 4) is 0 Å². The minimum absolute atomic E-state index is 0.181. The van der Waals surface area contributed by atoms with Gasteiger partial charge in [0.25, 0.3) is 5.91 Å². The van der Waals surface area contributed by atoms with Crippen molar-refractivity contribution in [1.29, 1.82) is 0 Å². The third kappa shape index (κ3) is 3.93. The topological polar surface area (TPSA) is 62.3 Å². The molecule has 0 bridgehead atoms. The minimum atomic E-state index is -0.527. The molecule has 0 saturated carbocycles. The van der Waals surface area contributed by atoms with Gasteiger partial charge in [-0.25, -0.2) is 9.37 Å². The molecule has 2 amide bonds. The zero-order chi connectivity index (χ0) is 16.9. The van der Waals surface area contributed by atoms with E-state index in [-0.39, 0.29) is 17.4 Å². The third-order valence-corrected chi connectivity index (χ3v) is 5.33. The van der Waals surface area contributed by atoms with E-state index in [1.54, 1.807) is 11.6 Å². The highest BCUT2D eigenvalue weighted by Gasteiger charge is 2.35. The summed E-state index contributed by atoms with van der Waals surface area (Å²) in [5, 5.41) is 4.80. The van der Waals surface area contributed by atoms with E-state index in [2.05, 4.69) is 10.3 Å². The van der Waals surface area contributed by atoms with Crippen molar-refractivity contribution >= 4 is 34.9 Å². The van der Waals surface area contributed by atoms with Crippen LogP contribution in [0.1, 0.15) is 16.1 Å². The molecule has 1 aliphatic heterocycles. The first kappa shape index (κ1) is 16.9. The molecule has 1 aromatic heterocycles. The molecule has 126 valence electrons. The molecule has 5 nitrogen and oxygen atoms in total. The zero-order valence-electron chi connectivity index (χ0n) is 12.8. The van der Waals surface area contributed by atoms with Crippen LogP contribution in [0.4, 0.5) is 4.39 Å². The van der Waals surface area contributed by atoms with Crippen LogP contribution in [-0.4, -0.2) is 45.9 Å². The summed E-state index contributed by atoms with van der Waals surface area (Å²) in [5.41, 5.74) is 2.95. The maximum atomic E-state index is 13.3. The Morgan fingerprint density at radius 1 is 1.42 bits per heavy atom. The van der Waals surface area contributed by atoms with Gasteiger partial charge in [0.2, 0.25) is 5.91 Å². The molecular formula is C16H16FN3O2S2. The Balaban J connectivity index is 1.60. The van der Waals surface area contributed by atoms with E-state index in [1.165, 1.54) is 46.2 Å². The second-order valence-electron chi connectivity index (χ2n) is 5.32. The summed E-state index contributed by atoms with van der Waals surface area (Å²) in [4.78, 5) is 30.6. The number of nitrogens with one attached hydrogen (secondary N) is 1. The summed E-state index contributed by atoms with van der Waals surface area (Å²) < 4.78 is 13.3. The Bertz CT molecular complexity index is 724. The molecule has 1 aliphatic rings. The second-order valence-corrected chi connectivity index (χ2v) is 7.04. The summed E-state index contributed by atoms with van der Waals surface area (Å²) in [6.45, 7) is 0.478. The fourth-order valence-corrected chi connectivity index (χ4v) is 4.19. The van der Waals surface area contributed by atoms with Gasteiger partial charge in [-0.3, -0.25) is 9.59 Å². The van der Waals surface area contributed by atoms with Crippen LogP contribution in [0.5, 0.6) is 0 Å². The molecule has 8 heteroatoms. The molecule has 2 aromatic rings. The van der Waals surface area contributed by atoms with E-state index >= 15 is 0 Å². The Labute approximate surface area is 147 Å². The molecule has 0 aliphatic carbocycles. The fourth-order valence-electron chi connectivity index (χ4n) is 2.44. The van der Waals surface area contributed by atoms with Crippen LogP contribution in [-0.2, 0) is 11.2 Å². The summed E-state index contributed by atoms with van der Waals surface area (Å²) >= 11 is 3.03. The van der Waals surface area contributed by atoms with Gasteiger partial charge in [0.15, 0.2) is 0 Å². The van der Waals surface area contributed by atoms with Crippen molar-refractivity contribution in [2.75, 3.05) is 18.2 Å². The number of nitrogens with zero attached hydrogens (tertiary/aromatic N) is 2. The fraction of sp³-hybridized carbons (Fsp3) is 0.312. The molecule has 1 fully saturated rings. The number of rotatable bonds is 5. The Morgan fingerprint density at radius 2 is 2.29 bits per heavy atom. The van der Waals surface area contributed by atoms with Crippen molar-refractivity contribution in [2.24, 2.45) is 0 Å². The van der Waals surface area contributed by atoms with E-state index in [0.717, 1.165) is 5.69 Å². The maximum absolute atomic E-state index is 13.3. The van der Waals surface area contributed by atoms with Crippen molar-refractivity contribution in [3.05, 3.63) is 52.2 Å². The molecule has 1 N–H and O–H groups in total. The molecule has 0 spiro atoms. The van der Waals surface area contributed by atoms with Gasteiger partial charge in [-0.1, -0.05) is 6.07 Å². The van der Waals surface area contributed by atoms with Gasteiger partial charge in [0.05, 0.1) is 17.1 Å². The molecule has 24 heavy (non-hydrogen) atoms. The Kier molecular flexibility index (Phi) is 5.47. The van der Waals surface area contributed by atoms with Crippen molar-refractivity contribution in [2.45, 2.75) is 12.5 Å². The van der Waals surface area contributed by atoms with Crippen LogP contribution in [0.25, 0.3) is 0 Å². The molecule has 2 heterocycles. The van der Waals surface area contributed by atoms with Crippen LogP contribution in [0.2, 0.25) is 0 Å². The van der Waals surface area contributed by atoms with Crippen LogP contribution in [0, 0.1) is 5.82 Å². The number of thioether (sulfide) groups is 1.